The second kappa shape index (κ2) is 10.4. The van der Waals surface area contributed by atoms with Crippen LogP contribution in [0.3, 0.4) is 0 Å². The van der Waals surface area contributed by atoms with E-state index < -0.39 is 12.7 Å². The van der Waals surface area contributed by atoms with Crippen LogP contribution in [0.2, 0.25) is 0 Å². The smallest absolute Gasteiger partial charge is 0.357 e. The van der Waals surface area contributed by atoms with E-state index in [9.17, 15) is 17.6 Å². The van der Waals surface area contributed by atoms with Crippen molar-refractivity contribution in [3.8, 4) is 0 Å². The van der Waals surface area contributed by atoms with Crippen molar-refractivity contribution in [3.05, 3.63) is 35.6 Å². The highest BCUT2D eigenvalue weighted by Gasteiger charge is 2.45. The van der Waals surface area contributed by atoms with Gasteiger partial charge in [-0.25, -0.2) is 4.39 Å². The third-order valence-electron chi connectivity index (χ3n) is 4.42. The maximum absolute atomic E-state index is 14.0. The first kappa shape index (κ1) is 23.9. The summed E-state index contributed by atoms with van der Waals surface area (Å²) in [5.41, 5.74) is 0.422. The zero-order valence-electron chi connectivity index (χ0n) is 15.6. The van der Waals surface area contributed by atoms with Gasteiger partial charge in [0.05, 0.1) is 13.1 Å². The van der Waals surface area contributed by atoms with E-state index in [4.69, 9.17) is 0 Å². The van der Waals surface area contributed by atoms with Crippen molar-refractivity contribution in [1.82, 2.24) is 15.5 Å². The number of rotatable bonds is 8. The van der Waals surface area contributed by atoms with Crippen molar-refractivity contribution >= 4 is 29.9 Å². The molecule has 1 saturated carbocycles. The minimum Gasteiger partial charge on any atom is -0.357 e. The van der Waals surface area contributed by atoms with Crippen LogP contribution in [-0.2, 0) is 5.41 Å². The average Bonchev–Trinajstić information content (AvgIpc) is 3.32. The maximum Gasteiger partial charge on any atom is 0.401 e. The summed E-state index contributed by atoms with van der Waals surface area (Å²) in [6.45, 7) is 2.63. The highest BCUT2D eigenvalue weighted by Crippen LogP contribution is 2.49. The molecule has 1 fully saturated rings. The molecule has 0 bridgehead atoms. The number of hydrogen-bond acceptors (Lipinski definition) is 2. The number of alkyl halides is 3. The summed E-state index contributed by atoms with van der Waals surface area (Å²) in [7, 11) is 1.43. The Kier molecular flexibility index (Phi) is 9.26. The zero-order valence-corrected chi connectivity index (χ0v) is 17.9. The molecule has 154 valence electrons. The number of hydrogen-bond donors (Lipinski definition) is 2. The van der Waals surface area contributed by atoms with Gasteiger partial charge in [0.15, 0.2) is 5.96 Å². The van der Waals surface area contributed by atoms with Gasteiger partial charge in [0, 0.05) is 25.0 Å². The summed E-state index contributed by atoms with van der Waals surface area (Å²) in [5, 5.41) is 6.12. The van der Waals surface area contributed by atoms with E-state index in [0.717, 1.165) is 12.8 Å². The number of benzene rings is 1. The summed E-state index contributed by atoms with van der Waals surface area (Å²) in [5.74, 6) is 0.322. The molecule has 0 saturated heterocycles. The molecule has 1 aromatic carbocycles. The lowest BCUT2D eigenvalue weighted by atomic mass is 9.95. The Morgan fingerprint density at radius 1 is 1.22 bits per heavy atom. The van der Waals surface area contributed by atoms with Gasteiger partial charge in [-0.15, -0.1) is 24.0 Å². The van der Waals surface area contributed by atoms with Crippen LogP contribution in [0.1, 0.15) is 25.3 Å². The van der Waals surface area contributed by atoms with Gasteiger partial charge in [0.1, 0.15) is 5.82 Å². The molecule has 0 radical (unpaired) electrons. The Morgan fingerprint density at radius 2 is 1.89 bits per heavy atom. The van der Waals surface area contributed by atoms with Gasteiger partial charge in [-0.1, -0.05) is 18.2 Å². The Morgan fingerprint density at radius 3 is 2.44 bits per heavy atom. The third kappa shape index (κ3) is 7.81. The number of halogens is 5. The standard InChI is InChI=1S/C18H26F4N4.HI/c1-3-23-16(24-10-11-26(2)13-18(20,21)22)25-12-17(8-9-17)14-6-4-5-7-15(14)19;/h4-7H,3,8-13H2,1-2H3,(H2,23,24,25);1H. The molecule has 2 rings (SSSR count). The summed E-state index contributed by atoms with van der Waals surface area (Å²) in [6, 6.07) is 6.74. The largest absolute Gasteiger partial charge is 0.401 e. The lowest BCUT2D eigenvalue weighted by Gasteiger charge is -2.20. The van der Waals surface area contributed by atoms with Crippen molar-refractivity contribution in [2.75, 3.05) is 39.8 Å². The SMILES string of the molecule is CCNC(=NCC1(c2ccccc2F)CC1)NCCN(C)CC(F)(F)F.I. The topological polar surface area (TPSA) is 39.7 Å². The van der Waals surface area contributed by atoms with Gasteiger partial charge >= 0.3 is 6.18 Å². The monoisotopic (exact) mass is 502 g/mol. The molecule has 0 aliphatic heterocycles. The fraction of sp³-hybridized carbons (Fsp3) is 0.611. The van der Waals surface area contributed by atoms with Crippen LogP contribution >= 0.6 is 24.0 Å². The molecule has 0 atom stereocenters. The molecule has 0 amide bonds. The van der Waals surface area contributed by atoms with Crippen LogP contribution in [0.5, 0.6) is 0 Å². The number of aliphatic imine (C=N–C) groups is 1. The maximum atomic E-state index is 14.0. The molecular formula is C18H27F4IN4. The van der Waals surface area contributed by atoms with Crippen LogP contribution in [-0.4, -0.2) is 56.8 Å². The van der Waals surface area contributed by atoms with Crippen molar-refractivity contribution < 1.29 is 17.6 Å². The molecule has 0 unspecified atom stereocenters. The van der Waals surface area contributed by atoms with Gasteiger partial charge in [0.2, 0.25) is 0 Å². The fourth-order valence-electron chi connectivity index (χ4n) is 2.88. The van der Waals surface area contributed by atoms with E-state index in [1.54, 1.807) is 12.1 Å². The molecule has 1 aromatic rings. The van der Waals surface area contributed by atoms with E-state index in [1.807, 2.05) is 13.0 Å². The van der Waals surface area contributed by atoms with Gasteiger partial charge in [-0.3, -0.25) is 9.89 Å². The Labute approximate surface area is 174 Å². The Hall–Kier alpha value is -1.10. The average molecular weight is 502 g/mol. The van der Waals surface area contributed by atoms with Gasteiger partial charge in [0.25, 0.3) is 0 Å². The molecule has 0 spiro atoms. The Bertz CT molecular complexity index is 618. The van der Waals surface area contributed by atoms with E-state index in [1.165, 1.54) is 18.0 Å². The van der Waals surface area contributed by atoms with Gasteiger partial charge in [-0.2, -0.15) is 13.2 Å². The summed E-state index contributed by atoms with van der Waals surface area (Å²) >= 11 is 0. The lowest BCUT2D eigenvalue weighted by Crippen LogP contribution is -2.42. The van der Waals surface area contributed by atoms with Gasteiger partial charge in [-0.05, 0) is 38.4 Å². The van der Waals surface area contributed by atoms with Crippen molar-refractivity contribution in [1.29, 1.82) is 0 Å². The predicted molar refractivity (Wildman–Crippen MR) is 110 cm³/mol. The van der Waals surface area contributed by atoms with Crippen LogP contribution in [0.4, 0.5) is 17.6 Å². The first-order chi connectivity index (χ1) is 12.3. The minimum absolute atomic E-state index is 0. The molecule has 0 heterocycles. The van der Waals surface area contributed by atoms with Crippen LogP contribution in [0.25, 0.3) is 0 Å². The van der Waals surface area contributed by atoms with Crippen molar-refractivity contribution in [3.63, 3.8) is 0 Å². The number of likely N-dealkylation sites (N-methyl/N-ethyl adjacent to an activating group) is 1. The lowest BCUT2D eigenvalue weighted by molar-refractivity contribution is -0.142. The highest BCUT2D eigenvalue weighted by atomic mass is 127. The fourth-order valence-corrected chi connectivity index (χ4v) is 2.88. The van der Waals surface area contributed by atoms with Crippen LogP contribution < -0.4 is 10.6 Å². The van der Waals surface area contributed by atoms with E-state index in [-0.39, 0.29) is 41.8 Å². The zero-order chi connectivity index (χ0) is 19.2. The van der Waals surface area contributed by atoms with E-state index in [2.05, 4.69) is 15.6 Å². The van der Waals surface area contributed by atoms with Gasteiger partial charge < -0.3 is 10.6 Å². The highest BCUT2D eigenvalue weighted by molar-refractivity contribution is 14.0. The van der Waals surface area contributed by atoms with E-state index >= 15 is 0 Å². The van der Waals surface area contributed by atoms with E-state index in [0.29, 0.717) is 31.2 Å². The first-order valence-corrected chi connectivity index (χ1v) is 8.78. The summed E-state index contributed by atoms with van der Waals surface area (Å²) in [4.78, 5) is 5.73. The summed E-state index contributed by atoms with van der Waals surface area (Å²) < 4.78 is 51.1. The molecule has 1 aliphatic carbocycles. The second-order valence-corrected chi connectivity index (χ2v) is 6.74. The normalized spacial score (nSPS) is 16.0. The van der Waals surface area contributed by atoms with Crippen molar-refractivity contribution in [2.45, 2.75) is 31.4 Å². The molecule has 2 N–H and O–H groups in total. The third-order valence-corrected chi connectivity index (χ3v) is 4.42. The Balaban J connectivity index is 0.00000364. The number of nitrogens with zero attached hydrogens (tertiary/aromatic N) is 2. The molecule has 4 nitrogen and oxygen atoms in total. The van der Waals surface area contributed by atoms with Crippen LogP contribution in [0.15, 0.2) is 29.3 Å². The molecule has 1 aliphatic rings. The molecule has 0 aromatic heterocycles. The number of guanidine groups is 1. The molecule has 27 heavy (non-hydrogen) atoms. The first-order valence-electron chi connectivity index (χ1n) is 8.78. The van der Waals surface area contributed by atoms with Crippen molar-refractivity contribution in [2.24, 2.45) is 4.99 Å². The predicted octanol–water partition coefficient (Wildman–Crippen LogP) is 3.52. The minimum atomic E-state index is -4.20. The molecule has 9 heteroatoms. The van der Waals surface area contributed by atoms with Crippen LogP contribution in [0, 0.1) is 5.82 Å². The second-order valence-electron chi connectivity index (χ2n) is 6.74. The molecular weight excluding hydrogens is 475 g/mol. The quantitative estimate of drug-likeness (QED) is 0.248. The number of nitrogens with one attached hydrogen (secondary N) is 2. The summed E-state index contributed by atoms with van der Waals surface area (Å²) in [6.07, 6.45) is -2.44.